The zero-order chi connectivity index (χ0) is 31.5. The molecule has 1 saturated carbocycles. The minimum absolute atomic E-state index is 0.00315. The van der Waals surface area contributed by atoms with Gasteiger partial charge in [-0.3, -0.25) is 14.4 Å². The van der Waals surface area contributed by atoms with Gasteiger partial charge in [-0.25, -0.2) is 9.88 Å². The minimum Gasteiger partial charge on any atom is -0.493 e. The van der Waals surface area contributed by atoms with Gasteiger partial charge in [-0.2, -0.15) is 10.5 Å². The van der Waals surface area contributed by atoms with Gasteiger partial charge in [0.2, 0.25) is 17.6 Å². The molecule has 1 aromatic heterocycles. The summed E-state index contributed by atoms with van der Waals surface area (Å²) in [5.41, 5.74) is 8.29. The van der Waals surface area contributed by atoms with Gasteiger partial charge >= 0.3 is 0 Å². The number of methoxy groups -OCH3 is 3. The SMILES string of the molecule is COc1ccc(/C=C/C(=O)c2ccc(N3C(=O)CC(Sc4nc(N)c(C#N)c(C5CC5)c4C#N)C3=O)cc2)c(OC)c1OC. The Bertz CT molecular complexity index is 1790. The molecule has 2 heterocycles. The fourth-order valence-corrected chi connectivity index (χ4v) is 6.21. The summed E-state index contributed by atoms with van der Waals surface area (Å²) in [5, 5.41) is 18.9. The summed E-state index contributed by atoms with van der Waals surface area (Å²) in [4.78, 5) is 44.6. The number of imide groups is 1. The van der Waals surface area contributed by atoms with E-state index >= 15 is 0 Å². The maximum absolute atomic E-state index is 13.4. The van der Waals surface area contributed by atoms with E-state index in [0.29, 0.717) is 39.6 Å². The molecule has 1 aliphatic heterocycles. The number of thioether (sulfide) groups is 1. The molecule has 2 amide bonds. The van der Waals surface area contributed by atoms with E-state index in [9.17, 15) is 24.9 Å². The second kappa shape index (κ2) is 12.5. The van der Waals surface area contributed by atoms with Crippen molar-refractivity contribution in [2.24, 2.45) is 0 Å². The Balaban J connectivity index is 1.33. The minimum atomic E-state index is -0.831. The first-order valence-corrected chi connectivity index (χ1v) is 14.4. The van der Waals surface area contributed by atoms with E-state index in [2.05, 4.69) is 11.1 Å². The van der Waals surface area contributed by atoms with Crippen molar-refractivity contribution in [3.63, 3.8) is 0 Å². The number of carbonyl (C=O) groups is 3. The highest BCUT2D eigenvalue weighted by molar-refractivity contribution is 8.00. The number of allylic oxidation sites excluding steroid dienone is 1. The molecule has 2 fully saturated rings. The Morgan fingerprint density at radius 3 is 2.27 bits per heavy atom. The molecule has 11 nitrogen and oxygen atoms in total. The smallest absolute Gasteiger partial charge is 0.247 e. The van der Waals surface area contributed by atoms with Gasteiger partial charge in [0.1, 0.15) is 23.0 Å². The van der Waals surface area contributed by atoms with E-state index < -0.39 is 17.1 Å². The van der Waals surface area contributed by atoms with E-state index in [0.717, 1.165) is 29.5 Å². The quantitative estimate of drug-likeness (QED) is 0.193. The average Bonchev–Trinajstić information content (AvgIpc) is 3.84. The van der Waals surface area contributed by atoms with Crippen molar-refractivity contribution in [2.45, 2.75) is 35.5 Å². The Morgan fingerprint density at radius 2 is 1.68 bits per heavy atom. The zero-order valence-corrected chi connectivity index (χ0v) is 24.9. The van der Waals surface area contributed by atoms with Crippen LogP contribution in [0.1, 0.15) is 57.8 Å². The maximum atomic E-state index is 13.4. The molecule has 1 atom stereocenters. The number of nitrogen functional groups attached to an aromatic ring is 1. The number of hydrogen-bond acceptors (Lipinski definition) is 11. The number of pyridine rings is 1. The molecule has 1 aliphatic carbocycles. The van der Waals surface area contributed by atoms with Gasteiger partial charge in [0.05, 0.1) is 43.4 Å². The first-order valence-electron chi connectivity index (χ1n) is 13.5. The molecule has 5 rings (SSSR count). The molecule has 2 N–H and O–H groups in total. The topological polar surface area (TPSA) is 169 Å². The van der Waals surface area contributed by atoms with Crippen LogP contribution in [0.25, 0.3) is 6.08 Å². The molecule has 3 aromatic rings. The molecule has 44 heavy (non-hydrogen) atoms. The van der Waals surface area contributed by atoms with Crippen molar-refractivity contribution < 1.29 is 28.6 Å². The molecule has 0 spiro atoms. The fourth-order valence-electron chi connectivity index (χ4n) is 5.08. The molecule has 0 radical (unpaired) electrons. The third kappa shape index (κ3) is 5.55. The number of nitrogens with zero attached hydrogens (tertiary/aromatic N) is 4. The van der Waals surface area contributed by atoms with Crippen molar-refractivity contribution in [3.05, 3.63) is 70.3 Å². The molecular weight excluding hydrogens is 582 g/mol. The highest BCUT2D eigenvalue weighted by Crippen LogP contribution is 2.47. The molecule has 2 aliphatic rings. The first-order chi connectivity index (χ1) is 21.3. The highest BCUT2D eigenvalue weighted by atomic mass is 32.2. The molecule has 222 valence electrons. The van der Waals surface area contributed by atoms with Gasteiger partial charge < -0.3 is 19.9 Å². The molecule has 1 saturated heterocycles. The molecule has 0 bridgehead atoms. The lowest BCUT2D eigenvalue weighted by molar-refractivity contribution is -0.121. The van der Waals surface area contributed by atoms with Crippen LogP contribution in [0.4, 0.5) is 11.5 Å². The Kier molecular flexibility index (Phi) is 8.56. The van der Waals surface area contributed by atoms with Crippen LogP contribution >= 0.6 is 11.8 Å². The zero-order valence-electron chi connectivity index (χ0n) is 24.1. The predicted molar refractivity (Wildman–Crippen MR) is 163 cm³/mol. The van der Waals surface area contributed by atoms with Crippen molar-refractivity contribution >= 4 is 46.9 Å². The normalized spacial score (nSPS) is 16.1. The highest BCUT2D eigenvalue weighted by Gasteiger charge is 2.42. The Hall–Kier alpha value is -5.33. The number of carbonyl (C=O) groups excluding carboxylic acids is 3. The summed E-state index contributed by atoms with van der Waals surface area (Å²) >= 11 is 1.00. The van der Waals surface area contributed by atoms with Gasteiger partial charge in [-0.15, -0.1) is 0 Å². The number of ketones is 1. The Morgan fingerprint density at radius 1 is 1.00 bits per heavy atom. The fraction of sp³-hybridized carbons (Fsp3) is 0.250. The summed E-state index contributed by atoms with van der Waals surface area (Å²) in [7, 11) is 4.50. The number of rotatable bonds is 10. The lowest BCUT2D eigenvalue weighted by atomic mass is 10.0. The summed E-state index contributed by atoms with van der Waals surface area (Å²) in [6, 6.07) is 13.8. The first kappa shape index (κ1) is 30.1. The van der Waals surface area contributed by atoms with Gasteiger partial charge in [-0.05, 0) is 72.9 Å². The lowest BCUT2D eigenvalue weighted by Gasteiger charge is -2.16. The molecule has 12 heteroatoms. The largest absolute Gasteiger partial charge is 0.493 e. The number of nitriles is 2. The van der Waals surface area contributed by atoms with E-state index in [1.165, 1.54) is 51.7 Å². The van der Waals surface area contributed by atoms with Gasteiger partial charge in [0.15, 0.2) is 17.3 Å². The van der Waals surface area contributed by atoms with Crippen LogP contribution in [0.2, 0.25) is 0 Å². The number of amides is 2. The average molecular weight is 610 g/mol. The van der Waals surface area contributed by atoms with Crippen molar-refractivity contribution in [2.75, 3.05) is 32.0 Å². The molecular formula is C32H27N5O6S. The van der Waals surface area contributed by atoms with Crippen molar-refractivity contribution in [3.8, 4) is 29.4 Å². The summed E-state index contributed by atoms with van der Waals surface area (Å²) in [6.45, 7) is 0. The standard InChI is InChI=1S/C32H27N5O6S/c1-41-24-13-9-19(28(42-2)29(24)43-3)8-12-23(38)17-6-10-20(11-7-17)37-26(39)14-25(32(37)40)44-31-22(16-34)27(18-4-5-18)21(15-33)30(35)36-31/h6-13,18,25H,4-5,14H2,1-3H3,(H2,35,36)/b12-8+. The second-order valence-electron chi connectivity index (χ2n) is 10.0. The second-order valence-corrected chi connectivity index (χ2v) is 11.2. The van der Waals surface area contributed by atoms with Crippen molar-refractivity contribution in [1.82, 2.24) is 4.98 Å². The summed E-state index contributed by atoms with van der Waals surface area (Å²) in [5.74, 6) is 0.157. The van der Waals surface area contributed by atoms with E-state index in [-0.39, 0.29) is 40.1 Å². The summed E-state index contributed by atoms with van der Waals surface area (Å²) in [6.07, 6.45) is 4.55. The van der Waals surface area contributed by atoms with E-state index in [1.54, 1.807) is 18.2 Å². The molecule has 1 unspecified atom stereocenters. The van der Waals surface area contributed by atoms with Crippen LogP contribution in [0.3, 0.4) is 0 Å². The van der Waals surface area contributed by atoms with Crippen LogP contribution in [-0.2, 0) is 9.59 Å². The van der Waals surface area contributed by atoms with Crippen LogP contribution in [0, 0.1) is 22.7 Å². The number of benzene rings is 2. The lowest BCUT2D eigenvalue weighted by Crippen LogP contribution is -2.31. The van der Waals surface area contributed by atoms with E-state index in [4.69, 9.17) is 19.9 Å². The van der Waals surface area contributed by atoms with Gasteiger partial charge in [0.25, 0.3) is 0 Å². The predicted octanol–water partition coefficient (Wildman–Crippen LogP) is 4.63. The van der Waals surface area contributed by atoms with Gasteiger partial charge in [0, 0.05) is 17.5 Å². The van der Waals surface area contributed by atoms with Gasteiger partial charge in [-0.1, -0.05) is 11.8 Å². The van der Waals surface area contributed by atoms with Crippen LogP contribution < -0.4 is 24.8 Å². The number of ether oxygens (including phenoxy) is 3. The number of anilines is 2. The third-order valence-corrected chi connectivity index (χ3v) is 8.53. The van der Waals surface area contributed by atoms with Crippen molar-refractivity contribution in [1.29, 1.82) is 10.5 Å². The third-order valence-electron chi connectivity index (χ3n) is 7.36. The van der Waals surface area contributed by atoms with Crippen LogP contribution in [0.5, 0.6) is 17.2 Å². The molecule has 2 aromatic carbocycles. The Labute approximate surface area is 257 Å². The maximum Gasteiger partial charge on any atom is 0.247 e. The van der Waals surface area contributed by atoms with Crippen LogP contribution in [0.15, 0.2) is 47.5 Å². The number of hydrogen-bond donors (Lipinski definition) is 1. The summed E-state index contributed by atoms with van der Waals surface area (Å²) < 4.78 is 16.1. The van der Waals surface area contributed by atoms with Crippen LogP contribution in [-0.4, -0.2) is 49.2 Å². The van der Waals surface area contributed by atoms with E-state index in [1.807, 2.05) is 6.07 Å². The number of nitrogens with two attached hydrogens (primary N) is 1. The monoisotopic (exact) mass is 609 g/mol. The number of aromatic nitrogens is 1.